The molecule has 0 aliphatic carbocycles. The molecule has 1 aliphatic rings. The van der Waals surface area contributed by atoms with E-state index in [4.69, 9.17) is 12.2 Å². The average Bonchev–Trinajstić information content (AvgIpc) is 3.02. The molecule has 1 fully saturated rings. The lowest BCUT2D eigenvalue weighted by atomic mass is 10.2. The third-order valence-corrected chi connectivity index (χ3v) is 5.69. The SMILES string of the molecule is CC(=S)NCc1cn(-c2ccc(N3CCS(=O)(=O)CC3)c(F)c2)nn1. The van der Waals surface area contributed by atoms with Crippen LogP contribution >= 0.6 is 12.2 Å². The van der Waals surface area contributed by atoms with Gasteiger partial charge in [0.05, 0.1) is 40.6 Å². The molecule has 2 heterocycles. The van der Waals surface area contributed by atoms with Gasteiger partial charge in [0.25, 0.3) is 0 Å². The van der Waals surface area contributed by atoms with Gasteiger partial charge in [0.2, 0.25) is 0 Å². The molecule has 1 aromatic carbocycles. The van der Waals surface area contributed by atoms with E-state index in [0.29, 0.717) is 41.7 Å². The van der Waals surface area contributed by atoms with Crippen LogP contribution in [0.3, 0.4) is 0 Å². The number of nitrogens with zero attached hydrogens (tertiary/aromatic N) is 4. The molecule has 134 valence electrons. The predicted molar refractivity (Wildman–Crippen MR) is 97.3 cm³/mol. The van der Waals surface area contributed by atoms with Gasteiger partial charge in [-0.1, -0.05) is 17.4 Å². The standard InChI is InChI=1S/C15H18FN5O2S2/c1-11(24)17-9-12-10-21(19-18-12)13-2-3-15(14(16)8-13)20-4-6-25(22,23)7-5-20/h2-3,8,10H,4-7,9H2,1H3,(H,17,24). The number of benzene rings is 1. The first kappa shape index (κ1) is 17.7. The van der Waals surface area contributed by atoms with E-state index in [2.05, 4.69) is 15.6 Å². The van der Waals surface area contributed by atoms with Gasteiger partial charge in [-0.2, -0.15) is 0 Å². The molecular formula is C15H18FN5O2S2. The summed E-state index contributed by atoms with van der Waals surface area (Å²) in [4.78, 5) is 2.41. The number of rotatable bonds is 4. The minimum absolute atomic E-state index is 0.0485. The number of hydrogen-bond donors (Lipinski definition) is 1. The Morgan fingerprint density at radius 1 is 1.36 bits per heavy atom. The van der Waals surface area contributed by atoms with Crippen molar-refractivity contribution in [1.29, 1.82) is 0 Å². The number of aromatic nitrogens is 3. The van der Waals surface area contributed by atoms with E-state index in [-0.39, 0.29) is 11.5 Å². The summed E-state index contributed by atoms with van der Waals surface area (Å²) in [6, 6.07) is 4.75. The van der Waals surface area contributed by atoms with Crippen molar-refractivity contribution in [1.82, 2.24) is 20.3 Å². The Hall–Kier alpha value is -2.07. The summed E-state index contributed by atoms with van der Waals surface area (Å²) in [6.45, 7) is 2.83. The monoisotopic (exact) mass is 383 g/mol. The van der Waals surface area contributed by atoms with Gasteiger partial charge < -0.3 is 10.2 Å². The second kappa shape index (κ2) is 7.04. The summed E-state index contributed by atoms with van der Waals surface area (Å²) in [5.74, 6) is -0.318. The van der Waals surface area contributed by atoms with Crippen LogP contribution in [0.2, 0.25) is 0 Å². The molecule has 0 spiro atoms. The lowest BCUT2D eigenvalue weighted by Gasteiger charge is -2.29. The third-order valence-electron chi connectivity index (χ3n) is 3.94. The van der Waals surface area contributed by atoms with Gasteiger partial charge in [0.15, 0.2) is 9.84 Å². The second-order valence-electron chi connectivity index (χ2n) is 5.84. The van der Waals surface area contributed by atoms with Crippen LogP contribution < -0.4 is 10.2 Å². The van der Waals surface area contributed by atoms with E-state index in [1.807, 2.05) is 0 Å². The summed E-state index contributed by atoms with van der Waals surface area (Å²) >= 11 is 4.94. The molecule has 7 nitrogen and oxygen atoms in total. The first-order valence-electron chi connectivity index (χ1n) is 7.75. The van der Waals surface area contributed by atoms with E-state index >= 15 is 0 Å². The number of halogens is 1. The summed E-state index contributed by atoms with van der Waals surface area (Å²) in [5, 5.41) is 11.0. The van der Waals surface area contributed by atoms with Gasteiger partial charge >= 0.3 is 0 Å². The maximum Gasteiger partial charge on any atom is 0.153 e. The minimum atomic E-state index is -3.00. The van der Waals surface area contributed by atoms with Crippen LogP contribution in [-0.2, 0) is 16.4 Å². The number of anilines is 1. The molecule has 10 heteroatoms. The van der Waals surface area contributed by atoms with Crippen molar-refractivity contribution >= 4 is 32.7 Å². The molecular weight excluding hydrogens is 365 g/mol. The maximum atomic E-state index is 14.5. The first-order chi connectivity index (χ1) is 11.8. The predicted octanol–water partition coefficient (Wildman–Crippen LogP) is 1.08. The molecule has 1 N–H and O–H groups in total. The molecule has 0 atom stereocenters. The van der Waals surface area contributed by atoms with Crippen LogP contribution in [0.25, 0.3) is 5.69 Å². The highest BCUT2D eigenvalue weighted by Gasteiger charge is 2.23. The van der Waals surface area contributed by atoms with Gasteiger partial charge in [0.1, 0.15) is 11.5 Å². The van der Waals surface area contributed by atoms with Gasteiger partial charge in [-0.15, -0.1) is 5.10 Å². The second-order valence-corrected chi connectivity index (χ2v) is 8.75. The van der Waals surface area contributed by atoms with Crippen LogP contribution in [0, 0.1) is 5.82 Å². The Labute approximate surface area is 150 Å². The Bertz CT molecular complexity index is 883. The van der Waals surface area contributed by atoms with Gasteiger partial charge in [-0.05, 0) is 19.1 Å². The number of hydrogen-bond acceptors (Lipinski definition) is 6. The molecule has 0 bridgehead atoms. The van der Waals surface area contributed by atoms with Gasteiger partial charge in [-0.25, -0.2) is 17.5 Å². The van der Waals surface area contributed by atoms with Crippen molar-refractivity contribution in [3.63, 3.8) is 0 Å². The largest absolute Gasteiger partial charge is 0.374 e. The Balaban J connectivity index is 1.75. The number of thiocarbonyl (C=S) groups is 1. The molecule has 1 saturated heterocycles. The number of nitrogens with one attached hydrogen (secondary N) is 1. The van der Waals surface area contributed by atoms with Crippen LogP contribution in [0.15, 0.2) is 24.4 Å². The van der Waals surface area contributed by atoms with E-state index in [1.54, 1.807) is 30.2 Å². The zero-order chi connectivity index (χ0) is 18.0. The van der Waals surface area contributed by atoms with E-state index in [1.165, 1.54) is 10.7 Å². The van der Waals surface area contributed by atoms with E-state index in [9.17, 15) is 12.8 Å². The quantitative estimate of drug-likeness (QED) is 0.792. The van der Waals surface area contributed by atoms with Crippen molar-refractivity contribution in [2.24, 2.45) is 0 Å². The summed E-state index contributed by atoms with van der Waals surface area (Å²) in [7, 11) is -3.00. The fraction of sp³-hybridized carbons (Fsp3) is 0.400. The molecule has 25 heavy (non-hydrogen) atoms. The number of sulfone groups is 1. The van der Waals surface area contributed by atoms with Crippen molar-refractivity contribution in [2.45, 2.75) is 13.5 Å². The zero-order valence-electron chi connectivity index (χ0n) is 13.6. The molecule has 0 unspecified atom stereocenters. The molecule has 3 rings (SSSR count). The fourth-order valence-corrected chi connectivity index (χ4v) is 3.84. The van der Waals surface area contributed by atoms with E-state index < -0.39 is 15.7 Å². The molecule has 0 saturated carbocycles. The maximum absolute atomic E-state index is 14.5. The fourth-order valence-electron chi connectivity index (χ4n) is 2.57. The normalized spacial score (nSPS) is 16.6. The van der Waals surface area contributed by atoms with Gasteiger partial charge in [-0.3, -0.25) is 0 Å². The molecule has 1 aliphatic heterocycles. The zero-order valence-corrected chi connectivity index (χ0v) is 15.3. The topological polar surface area (TPSA) is 80.1 Å². The Kier molecular flexibility index (Phi) is 5.00. The average molecular weight is 383 g/mol. The van der Waals surface area contributed by atoms with Crippen LogP contribution in [0.5, 0.6) is 0 Å². The van der Waals surface area contributed by atoms with Crippen LogP contribution in [0.1, 0.15) is 12.6 Å². The van der Waals surface area contributed by atoms with Crippen molar-refractivity contribution in [3.8, 4) is 5.69 Å². The highest BCUT2D eigenvalue weighted by molar-refractivity contribution is 7.91. The molecule has 0 radical (unpaired) electrons. The molecule has 0 amide bonds. The summed E-state index contributed by atoms with van der Waals surface area (Å²) in [6.07, 6.45) is 1.70. The van der Waals surface area contributed by atoms with Crippen molar-refractivity contribution in [2.75, 3.05) is 29.5 Å². The van der Waals surface area contributed by atoms with Crippen LogP contribution in [-0.4, -0.2) is 53.0 Å². The smallest absolute Gasteiger partial charge is 0.153 e. The van der Waals surface area contributed by atoms with Crippen molar-refractivity contribution in [3.05, 3.63) is 35.9 Å². The molecule has 1 aromatic heterocycles. The minimum Gasteiger partial charge on any atom is -0.374 e. The van der Waals surface area contributed by atoms with Crippen molar-refractivity contribution < 1.29 is 12.8 Å². The molecule has 2 aromatic rings. The van der Waals surface area contributed by atoms with Crippen LogP contribution in [0.4, 0.5) is 10.1 Å². The van der Waals surface area contributed by atoms with E-state index in [0.717, 1.165) is 0 Å². The lowest BCUT2D eigenvalue weighted by molar-refractivity contribution is 0.581. The van der Waals surface area contributed by atoms with Gasteiger partial charge in [0, 0.05) is 19.2 Å². The summed E-state index contributed by atoms with van der Waals surface area (Å²) in [5.41, 5.74) is 1.63. The Morgan fingerprint density at radius 2 is 2.08 bits per heavy atom. The Morgan fingerprint density at radius 3 is 2.72 bits per heavy atom. The summed E-state index contributed by atoms with van der Waals surface area (Å²) < 4.78 is 39.0. The highest BCUT2D eigenvalue weighted by Crippen LogP contribution is 2.23. The third kappa shape index (κ3) is 4.31. The highest BCUT2D eigenvalue weighted by atomic mass is 32.2. The lowest BCUT2D eigenvalue weighted by Crippen LogP contribution is -2.40. The first-order valence-corrected chi connectivity index (χ1v) is 9.98.